The molecule has 2 unspecified atom stereocenters. The monoisotopic (exact) mass is 252 g/mol. The molecule has 0 radical (unpaired) electrons. The number of rotatable bonds is 8. The van der Waals surface area contributed by atoms with Crippen molar-refractivity contribution in [2.75, 3.05) is 20.3 Å². The molecule has 1 aromatic rings. The summed E-state index contributed by atoms with van der Waals surface area (Å²) in [5, 5.41) is 0. The lowest BCUT2D eigenvalue weighted by Gasteiger charge is -2.25. The number of hydrazine groups is 1. The first-order chi connectivity index (χ1) is 8.74. The SMILES string of the molecule is CCOc1ccccc1C(NN)C(C)CCOC. The van der Waals surface area contributed by atoms with Gasteiger partial charge >= 0.3 is 0 Å². The van der Waals surface area contributed by atoms with E-state index in [0.717, 1.165) is 24.3 Å². The van der Waals surface area contributed by atoms with E-state index >= 15 is 0 Å². The number of ether oxygens (including phenoxy) is 2. The number of para-hydroxylation sites is 1. The molecule has 18 heavy (non-hydrogen) atoms. The van der Waals surface area contributed by atoms with Crippen LogP contribution in [0.5, 0.6) is 5.75 Å². The number of nitrogens with two attached hydrogens (primary N) is 1. The first-order valence-corrected chi connectivity index (χ1v) is 6.41. The van der Waals surface area contributed by atoms with Gasteiger partial charge in [-0.25, -0.2) is 0 Å². The fourth-order valence-corrected chi connectivity index (χ4v) is 2.06. The molecule has 0 aliphatic rings. The summed E-state index contributed by atoms with van der Waals surface area (Å²) in [5.41, 5.74) is 3.99. The Kier molecular flexibility index (Phi) is 6.72. The fourth-order valence-electron chi connectivity index (χ4n) is 2.06. The molecule has 0 fully saturated rings. The zero-order valence-corrected chi connectivity index (χ0v) is 11.5. The molecule has 0 aliphatic heterocycles. The van der Waals surface area contributed by atoms with Gasteiger partial charge in [-0.3, -0.25) is 11.3 Å². The van der Waals surface area contributed by atoms with Gasteiger partial charge in [-0.05, 0) is 25.3 Å². The Morgan fingerprint density at radius 2 is 2.06 bits per heavy atom. The fraction of sp³-hybridized carbons (Fsp3) is 0.571. The zero-order valence-electron chi connectivity index (χ0n) is 11.5. The Balaban J connectivity index is 2.86. The summed E-state index contributed by atoms with van der Waals surface area (Å²) in [5.74, 6) is 6.96. The van der Waals surface area contributed by atoms with Crippen molar-refractivity contribution in [3.05, 3.63) is 29.8 Å². The molecule has 3 N–H and O–H groups in total. The minimum absolute atomic E-state index is 0.0721. The van der Waals surface area contributed by atoms with Crippen LogP contribution >= 0.6 is 0 Å². The molecule has 102 valence electrons. The van der Waals surface area contributed by atoms with E-state index in [9.17, 15) is 0 Å². The smallest absolute Gasteiger partial charge is 0.124 e. The third-order valence-electron chi connectivity index (χ3n) is 3.08. The zero-order chi connectivity index (χ0) is 13.4. The topological polar surface area (TPSA) is 56.5 Å². The molecule has 1 rings (SSSR count). The van der Waals surface area contributed by atoms with E-state index in [2.05, 4.69) is 18.4 Å². The van der Waals surface area contributed by atoms with Crippen molar-refractivity contribution in [3.63, 3.8) is 0 Å². The summed E-state index contributed by atoms with van der Waals surface area (Å²) in [6.07, 6.45) is 0.950. The van der Waals surface area contributed by atoms with E-state index in [1.165, 1.54) is 0 Å². The van der Waals surface area contributed by atoms with Gasteiger partial charge in [0.25, 0.3) is 0 Å². The molecular formula is C14H24N2O2. The van der Waals surface area contributed by atoms with Crippen molar-refractivity contribution in [1.29, 1.82) is 0 Å². The average Bonchev–Trinajstić information content (AvgIpc) is 2.39. The summed E-state index contributed by atoms with van der Waals surface area (Å²) < 4.78 is 10.8. The van der Waals surface area contributed by atoms with Crippen molar-refractivity contribution in [2.45, 2.75) is 26.3 Å². The van der Waals surface area contributed by atoms with Crippen molar-refractivity contribution in [1.82, 2.24) is 5.43 Å². The minimum Gasteiger partial charge on any atom is -0.494 e. The molecule has 0 bridgehead atoms. The molecule has 0 spiro atoms. The van der Waals surface area contributed by atoms with Crippen LogP contribution in [0.3, 0.4) is 0 Å². The minimum atomic E-state index is 0.0721. The molecule has 0 amide bonds. The van der Waals surface area contributed by atoms with Crippen molar-refractivity contribution in [2.24, 2.45) is 11.8 Å². The maximum atomic E-state index is 5.70. The van der Waals surface area contributed by atoms with E-state index in [1.807, 2.05) is 25.1 Å². The second kappa shape index (κ2) is 8.08. The Hall–Kier alpha value is -1.10. The Bertz CT molecular complexity index is 344. The lowest BCUT2D eigenvalue weighted by Crippen LogP contribution is -2.33. The first-order valence-electron chi connectivity index (χ1n) is 6.41. The molecule has 0 aromatic heterocycles. The van der Waals surface area contributed by atoms with Gasteiger partial charge in [-0.1, -0.05) is 25.1 Å². The van der Waals surface area contributed by atoms with E-state index < -0.39 is 0 Å². The van der Waals surface area contributed by atoms with Crippen LogP contribution in [0.4, 0.5) is 0 Å². The van der Waals surface area contributed by atoms with E-state index in [4.69, 9.17) is 15.3 Å². The van der Waals surface area contributed by atoms with Gasteiger partial charge in [0, 0.05) is 19.3 Å². The number of methoxy groups -OCH3 is 1. The number of nitrogens with one attached hydrogen (secondary N) is 1. The van der Waals surface area contributed by atoms with Gasteiger partial charge in [-0.15, -0.1) is 0 Å². The molecule has 1 aromatic carbocycles. The number of hydrogen-bond acceptors (Lipinski definition) is 4. The van der Waals surface area contributed by atoms with Gasteiger partial charge in [0.2, 0.25) is 0 Å². The van der Waals surface area contributed by atoms with Crippen LogP contribution in [-0.4, -0.2) is 20.3 Å². The van der Waals surface area contributed by atoms with Gasteiger partial charge in [-0.2, -0.15) is 0 Å². The highest BCUT2D eigenvalue weighted by molar-refractivity contribution is 5.36. The predicted octanol–water partition coefficient (Wildman–Crippen LogP) is 2.26. The highest BCUT2D eigenvalue weighted by Gasteiger charge is 2.20. The van der Waals surface area contributed by atoms with Gasteiger partial charge in [0.15, 0.2) is 0 Å². The summed E-state index contributed by atoms with van der Waals surface area (Å²) in [6.45, 7) is 5.53. The summed E-state index contributed by atoms with van der Waals surface area (Å²) in [6, 6.07) is 8.08. The van der Waals surface area contributed by atoms with Crippen LogP contribution in [0.15, 0.2) is 24.3 Å². The normalized spacial score (nSPS) is 14.2. The molecule has 0 aliphatic carbocycles. The standard InChI is InChI=1S/C14H24N2O2/c1-4-18-13-8-6-5-7-12(13)14(16-15)11(2)9-10-17-3/h5-8,11,14,16H,4,9-10,15H2,1-3H3. The Morgan fingerprint density at radius 1 is 1.33 bits per heavy atom. The quantitative estimate of drug-likeness (QED) is 0.550. The predicted molar refractivity (Wildman–Crippen MR) is 73.3 cm³/mol. The molecule has 0 saturated heterocycles. The summed E-state index contributed by atoms with van der Waals surface area (Å²) >= 11 is 0. The van der Waals surface area contributed by atoms with Gasteiger partial charge in [0.1, 0.15) is 5.75 Å². The van der Waals surface area contributed by atoms with Crippen LogP contribution in [0.1, 0.15) is 31.9 Å². The van der Waals surface area contributed by atoms with Crippen LogP contribution in [-0.2, 0) is 4.74 Å². The lowest BCUT2D eigenvalue weighted by atomic mass is 9.92. The van der Waals surface area contributed by atoms with Crippen LogP contribution < -0.4 is 16.0 Å². The molecule has 2 atom stereocenters. The Morgan fingerprint density at radius 3 is 2.67 bits per heavy atom. The number of hydrogen-bond donors (Lipinski definition) is 2. The largest absolute Gasteiger partial charge is 0.494 e. The third-order valence-corrected chi connectivity index (χ3v) is 3.08. The van der Waals surface area contributed by atoms with Crippen LogP contribution in [0, 0.1) is 5.92 Å². The van der Waals surface area contributed by atoms with Crippen molar-refractivity contribution < 1.29 is 9.47 Å². The van der Waals surface area contributed by atoms with Crippen molar-refractivity contribution in [3.8, 4) is 5.75 Å². The maximum Gasteiger partial charge on any atom is 0.124 e. The number of benzene rings is 1. The van der Waals surface area contributed by atoms with E-state index in [-0.39, 0.29) is 6.04 Å². The van der Waals surface area contributed by atoms with Gasteiger partial charge in [0.05, 0.1) is 12.6 Å². The highest BCUT2D eigenvalue weighted by Crippen LogP contribution is 2.31. The van der Waals surface area contributed by atoms with E-state index in [0.29, 0.717) is 12.5 Å². The van der Waals surface area contributed by atoms with Crippen molar-refractivity contribution >= 4 is 0 Å². The Labute approximate surface area is 109 Å². The maximum absolute atomic E-state index is 5.70. The average molecular weight is 252 g/mol. The van der Waals surface area contributed by atoms with Crippen LogP contribution in [0.2, 0.25) is 0 Å². The summed E-state index contributed by atoms with van der Waals surface area (Å²) in [4.78, 5) is 0. The van der Waals surface area contributed by atoms with Crippen LogP contribution in [0.25, 0.3) is 0 Å². The van der Waals surface area contributed by atoms with E-state index in [1.54, 1.807) is 7.11 Å². The molecule has 4 heteroatoms. The summed E-state index contributed by atoms with van der Waals surface area (Å²) in [7, 11) is 1.71. The second-order valence-electron chi connectivity index (χ2n) is 4.37. The molecule has 0 heterocycles. The third kappa shape index (κ3) is 3.98. The second-order valence-corrected chi connectivity index (χ2v) is 4.37. The highest BCUT2D eigenvalue weighted by atomic mass is 16.5. The molecule has 4 nitrogen and oxygen atoms in total. The lowest BCUT2D eigenvalue weighted by molar-refractivity contribution is 0.169. The molecular weight excluding hydrogens is 228 g/mol. The van der Waals surface area contributed by atoms with Gasteiger partial charge < -0.3 is 9.47 Å². The molecule has 0 saturated carbocycles. The first kappa shape index (κ1) is 15.0.